The van der Waals surface area contributed by atoms with Crippen molar-refractivity contribution in [1.29, 1.82) is 0 Å². The van der Waals surface area contributed by atoms with E-state index in [1.54, 1.807) is 0 Å². The highest BCUT2D eigenvalue weighted by molar-refractivity contribution is 5.92. The van der Waals surface area contributed by atoms with Gasteiger partial charge in [-0.1, -0.05) is 36.4 Å². The van der Waals surface area contributed by atoms with Gasteiger partial charge in [-0.25, -0.2) is 14.5 Å². The van der Waals surface area contributed by atoms with Gasteiger partial charge in [0.2, 0.25) is 0 Å². The summed E-state index contributed by atoms with van der Waals surface area (Å²) in [6.07, 6.45) is 2.59. The number of nitrogens with zero attached hydrogens (tertiary/aromatic N) is 4. The largest absolute Gasteiger partial charge is 0.478 e. The molecule has 0 saturated carbocycles. The topological polar surface area (TPSA) is 107 Å². The van der Waals surface area contributed by atoms with Crippen molar-refractivity contribution < 1.29 is 9.90 Å². The van der Waals surface area contributed by atoms with Gasteiger partial charge in [0.15, 0.2) is 0 Å². The van der Waals surface area contributed by atoms with E-state index in [1.807, 2.05) is 48.5 Å². The van der Waals surface area contributed by atoms with Crippen molar-refractivity contribution in [3.63, 3.8) is 0 Å². The summed E-state index contributed by atoms with van der Waals surface area (Å²) in [5.74, 6) is -0.525. The number of benzene rings is 2. The lowest BCUT2D eigenvalue weighted by molar-refractivity contribution is 0.0697. The number of aromatic nitrogens is 4. The van der Waals surface area contributed by atoms with Crippen molar-refractivity contribution in [2.24, 2.45) is 0 Å². The normalized spacial score (nSPS) is 10.9. The number of nitrogen functional groups attached to an aromatic ring is 1. The molecule has 0 aliphatic heterocycles. The van der Waals surface area contributed by atoms with Gasteiger partial charge in [-0.15, -0.1) is 0 Å². The quantitative estimate of drug-likeness (QED) is 0.598. The Hall–Kier alpha value is -3.74. The first-order valence-electron chi connectivity index (χ1n) is 7.53. The van der Waals surface area contributed by atoms with E-state index >= 15 is 0 Å². The highest BCUT2D eigenvalue weighted by Crippen LogP contribution is 2.26. The van der Waals surface area contributed by atoms with E-state index < -0.39 is 5.97 Å². The summed E-state index contributed by atoms with van der Waals surface area (Å²) in [5.41, 5.74) is 8.91. The van der Waals surface area contributed by atoms with Crippen LogP contribution in [0.4, 0.5) is 5.82 Å². The summed E-state index contributed by atoms with van der Waals surface area (Å²) in [5, 5.41) is 13.7. The van der Waals surface area contributed by atoms with E-state index in [4.69, 9.17) is 10.8 Å². The van der Waals surface area contributed by atoms with E-state index in [-0.39, 0.29) is 11.5 Å². The number of anilines is 1. The van der Waals surface area contributed by atoms with E-state index in [0.717, 1.165) is 16.5 Å². The molecule has 0 aliphatic rings. The maximum Gasteiger partial charge on any atom is 0.338 e. The molecular weight excluding hydrogens is 318 g/mol. The first-order valence-corrected chi connectivity index (χ1v) is 7.53. The third kappa shape index (κ3) is 2.67. The zero-order valence-electron chi connectivity index (χ0n) is 13.0. The fourth-order valence-electron chi connectivity index (χ4n) is 2.59. The van der Waals surface area contributed by atoms with Crippen LogP contribution in [0.15, 0.2) is 60.9 Å². The second-order valence-electron chi connectivity index (χ2n) is 5.49. The van der Waals surface area contributed by atoms with Gasteiger partial charge in [0.25, 0.3) is 5.95 Å². The number of nitrogens with two attached hydrogens (primary N) is 1. The molecule has 4 aromatic rings. The number of hydrogen-bond donors (Lipinski definition) is 2. The molecular formula is C18H13N5O2. The van der Waals surface area contributed by atoms with Crippen LogP contribution in [-0.4, -0.2) is 30.8 Å². The second kappa shape index (κ2) is 5.72. The number of hydrogen-bond acceptors (Lipinski definition) is 5. The van der Waals surface area contributed by atoms with Crippen molar-refractivity contribution in [1.82, 2.24) is 19.7 Å². The number of carboxylic acids is 1. The number of fused-ring (bicyclic) bond motifs is 1. The Bertz CT molecular complexity index is 1090. The van der Waals surface area contributed by atoms with Gasteiger partial charge in [0.05, 0.1) is 17.3 Å². The molecule has 0 aliphatic carbocycles. The zero-order valence-corrected chi connectivity index (χ0v) is 13.0. The molecule has 0 unspecified atom stereocenters. The lowest BCUT2D eigenvalue weighted by atomic mass is 10.0. The first kappa shape index (κ1) is 14.8. The lowest BCUT2D eigenvalue weighted by Gasteiger charge is -2.07. The van der Waals surface area contributed by atoms with E-state index in [0.29, 0.717) is 11.3 Å². The van der Waals surface area contributed by atoms with Gasteiger partial charge in [-0.3, -0.25) is 0 Å². The highest BCUT2D eigenvalue weighted by atomic mass is 16.4. The smallest absolute Gasteiger partial charge is 0.338 e. The van der Waals surface area contributed by atoms with Crippen molar-refractivity contribution in [3.05, 3.63) is 66.5 Å². The summed E-state index contributed by atoms with van der Waals surface area (Å²) in [4.78, 5) is 19.7. The molecule has 7 nitrogen and oxygen atoms in total. The van der Waals surface area contributed by atoms with Gasteiger partial charge in [0, 0.05) is 11.6 Å². The monoisotopic (exact) mass is 331 g/mol. The minimum absolute atomic E-state index is 0.0571. The molecule has 0 bridgehead atoms. The highest BCUT2D eigenvalue weighted by Gasteiger charge is 2.12. The van der Waals surface area contributed by atoms with E-state index in [2.05, 4.69) is 15.1 Å². The van der Waals surface area contributed by atoms with Crippen molar-refractivity contribution in [2.75, 3.05) is 5.73 Å². The third-order valence-electron chi connectivity index (χ3n) is 3.85. The van der Waals surface area contributed by atoms with Crippen LogP contribution in [0.25, 0.3) is 28.0 Å². The molecule has 0 saturated heterocycles. The molecule has 0 spiro atoms. The van der Waals surface area contributed by atoms with Crippen LogP contribution < -0.4 is 5.73 Å². The average Bonchev–Trinajstić information content (AvgIpc) is 3.13. The summed E-state index contributed by atoms with van der Waals surface area (Å²) in [6, 6.07) is 15.7. The third-order valence-corrected chi connectivity index (χ3v) is 3.85. The Kier molecular flexibility index (Phi) is 3.39. The fourth-order valence-corrected chi connectivity index (χ4v) is 2.59. The second-order valence-corrected chi connectivity index (χ2v) is 5.49. The number of carbonyl (C=O) groups is 1. The fraction of sp³-hybridized carbons (Fsp3) is 0. The summed E-state index contributed by atoms with van der Waals surface area (Å²) in [7, 11) is 0. The summed E-state index contributed by atoms with van der Waals surface area (Å²) >= 11 is 0. The molecule has 0 amide bonds. The van der Waals surface area contributed by atoms with Crippen LogP contribution in [-0.2, 0) is 0 Å². The van der Waals surface area contributed by atoms with Gasteiger partial charge in [0.1, 0.15) is 5.82 Å². The molecule has 2 heterocycles. The summed E-state index contributed by atoms with van der Waals surface area (Å²) < 4.78 is 1.30. The SMILES string of the molecule is Nc1nc(-n2cc(C(=O)O)cn2)nc2ccc(-c3ccccc3)cc12. The van der Waals surface area contributed by atoms with Gasteiger partial charge in [-0.05, 0) is 23.3 Å². The van der Waals surface area contributed by atoms with Crippen LogP contribution in [0.5, 0.6) is 0 Å². The summed E-state index contributed by atoms with van der Waals surface area (Å²) in [6.45, 7) is 0. The molecule has 4 rings (SSSR count). The van der Waals surface area contributed by atoms with Crippen LogP contribution in [0.2, 0.25) is 0 Å². The van der Waals surface area contributed by atoms with Crippen LogP contribution >= 0.6 is 0 Å². The molecule has 0 fully saturated rings. The maximum absolute atomic E-state index is 11.0. The zero-order chi connectivity index (χ0) is 17.4. The molecule has 3 N–H and O–H groups in total. The van der Waals surface area contributed by atoms with Gasteiger partial charge in [-0.2, -0.15) is 10.1 Å². The van der Waals surface area contributed by atoms with Crippen LogP contribution in [0.3, 0.4) is 0 Å². The standard InChI is InChI=1S/C18H13N5O2/c19-16-14-8-12(11-4-2-1-3-5-11)6-7-15(14)21-18(22-16)23-10-13(9-20-23)17(24)25/h1-10H,(H,24,25)(H2,19,21,22). The first-order chi connectivity index (χ1) is 12.1. The Morgan fingerprint density at radius 2 is 1.84 bits per heavy atom. The Labute approximate surface area is 142 Å². The van der Waals surface area contributed by atoms with Crippen molar-refractivity contribution in [3.8, 4) is 17.1 Å². The average molecular weight is 331 g/mol. The van der Waals surface area contributed by atoms with E-state index in [1.165, 1.54) is 17.1 Å². The molecule has 2 aromatic carbocycles. The minimum Gasteiger partial charge on any atom is -0.478 e. The van der Waals surface area contributed by atoms with Crippen LogP contribution in [0, 0.1) is 0 Å². The molecule has 25 heavy (non-hydrogen) atoms. The molecule has 0 atom stereocenters. The minimum atomic E-state index is -1.06. The predicted octanol–water partition coefficient (Wildman–Crippen LogP) is 2.76. The lowest BCUT2D eigenvalue weighted by Crippen LogP contribution is -2.05. The van der Waals surface area contributed by atoms with Crippen molar-refractivity contribution in [2.45, 2.75) is 0 Å². The number of aromatic carboxylic acids is 1. The van der Waals surface area contributed by atoms with Crippen LogP contribution in [0.1, 0.15) is 10.4 Å². The molecule has 0 radical (unpaired) electrons. The molecule has 2 aromatic heterocycles. The van der Waals surface area contributed by atoms with Crippen molar-refractivity contribution >= 4 is 22.7 Å². The maximum atomic E-state index is 11.0. The van der Waals surface area contributed by atoms with E-state index in [9.17, 15) is 4.79 Å². The Balaban J connectivity index is 1.81. The predicted molar refractivity (Wildman–Crippen MR) is 93.5 cm³/mol. The Morgan fingerprint density at radius 1 is 1.04 bits per heavy atom. The Morgan fingerprint density at radius 3 is 2.56 bits per heavy atom. The molecule has 122 valence electrons. The number of rotatable bonds is 3. The van der Waals surface area contributed by atoms with Gasteiger partial charge < -0.3 is 10.8 Å². The van der Waals surface area contributed by atoms with Gasteiger partial charge >= 0.3 is 5.97 Å². The number of carboxylic acid groups (broad SMARTS) is 1. The molecule has 7 heteroatoms.